The molecule has 0 radical (unpaired) electrons. The first kappa shape index (κ1) is 30.1. The highest BCUT2D eigenvalue weighted by atomic mass is 19.1. The van der Waals surface area contributed by atoms with Gasteiger partial charge < -0.3 is 39.2 Å². The number of dihydropyridines is 1. The van der Waals surface area contributed by atoms with Gasteiger partial charge in [0.15, 0.2) is 22.7 Å². The monoisotopic (exact) mass is 606 g/mol. The Labute approximate surface area is 258 Å². The van der Waals surface area contributed by atoms with Gasteiger partial charge in [-0.25, -0.2) is 4.39 Å². The molecule has 3 unspecified atom stereocenters. The fourth-order valence-electron chi connectivity index (χ4n) is 6.79. The molecule has 1 aromatic carbocycles. The summed E-state index contributed by atoms with van der Waals surface area (Å²) in [6, 6.07) is 1.48. The van der Waals surface area contributed by atoms with E-state index in [-0.39, 0.29) is 29.5 Å². The van der Waals surface area contributed by atoms with Crippen LogP contribution in [0.25, 0.3) is 10.9 Å². The van der Waals surface area contributed by atoms with E-state index in [1.807, 2.05) is 26.4 Å². The maximum atomic E-state index is 15.1. The van der Waals surface area contributed by atoms with Crippen LogP contribution in [0.3, 0.4) is 0 Å². The quantitative estimate of drug-likeness (QED) is 0.447. The number of hydrogen-bond acceptors (Lipinski definition) is 9. The number of benzene rings is 1. The molecular weight excluding hydrogens is 563 g/mol. The smallest absolute Gasteiger partial charge is 0.199 e. The number of piperidine rings is 1. The Balaban J connectivity index is 1.37. The van der Waals surface area contributed by atoms with Crippen LogP contribution >= 0.6 is 0 Å². The lowest BCUT2D eigenvalue weighted by Gasteiger charge is -2.43. The minimum atomic E-state index is -0.595. The van der Waals surface area contributed by atoms with Gasteiger partial charge in [0.1, 0.15) is 18.7 Å². The summed E-state index contributed by atoms with van der Waals surface area (Å²) in [5.74, 6) is 0.826. The van der Waals surface area contributed by atoms with E-state index in [2.05, 4.69) is 61.3 Å². The van der Waals surface area contributed by atoms with Crippen molar-refractivity contribution in [3.63, 3.8) is 0 Å². The first-order chi connectivity index (χ1) is 21.3. The Morgan fingerprint density at radius 1 is 1.25 bits per heavy atom. The molecule has 4 aliphatic heterocycles. The molecule has 1 fully saturated rings. The molecule has 44 heavy (non-hydrogen) atoms. The molecule has 1 saturated heterocycles. The number of ether oxygens (including phenoxy) is 3. The number of pyridine rings is 1. The lowest BCUT2D eigenvalue weighted by molar-refractivity contribution is 0.108. The van der Waals surface area contributed by atoms with Gasteiger partial charge in [-0.15, -0.1) is 0 Å². The van der Waals surface area contributed by atoms with Crippen LogP contribution in [0, 0.1) is 5.82 Å². The number of likely N-dealkylation sites (tertiary alicyclic amines) is 1. The van der Waals surface area contributed by atoms with Gasteiger partial charge in [0.2, 0.25) is 0 Å². The van der Waals surface area contributed by atoms with Crippen molar-refractivity contribution in [1.82, 2.24) is 29.9 Å². The number of nitrogens with one attached hydrogen (secondary N) is 2. The van der Waals surface area contributed by atoms with Crippen molar-refractivity contribution >= 4 is 10.9 Å². The molecule has 6 rings (SSSR count). The van der Waals surface area contributed by atoms with E-state index in [1.165, 1.54) is 18.9 Å². The number of halogens is 1. The normalized spacial score (nSPS) is 23.2. The molecule has 2 N–H and O–H groups in total. The zero-order chi connectivity index (χ0) is 31.0. The van der Waals surface area contributed by atoms with Gasteiger partial charge in [0, 0.05) is 70.9 Å². The lowest BCUT2D eigenvalue weighted by Crippen LogP contribution is -2.49. The van der Waals surface area contributed by atoms with Gasteiger partial charge in [0.25, 0.3) is 0 Å². The Hall–Kier alpha value is -3.96. The third-order valence-corrected chi connectivity index (χ3v) is 9.16. The fraction of sp³-hybridized carbons (Fsp3) is 0.485. The Bertz CT molecular complexity index is 1600. The molecule has 0 saturated carbocycles. The zero-order valence-electron chi connectivity index (χ0n) is 26.2. The second kappa shape index (κ2) is 12.6. The van der Waals surface area contributed by atoms with Crippen LogP contribution in [0.5, 0.6) is 11.5 Å². The van der Waals surface area contributed by atoms with Gasteiger partial charge >= 0.3 is 0 Å². The topological polar surface area (TPSA) is 83.5 Å². The SMILES string of the molecule is CNC1=CC=C(N2CCCC(N(CC3=CC(OC)NC=C3)Cc3cn4c5c(c(OC)c(F)cc5c3=O)OCC4C)C2)CN1C. The van der Waals surface area contributed by atoms with E-state index in [1.54, 1.807) is 7.11 Å². The molecule has 0 spiro atoms. The lowest BCUT2D eigenvalue weighted by atomic mass is 10.00. The van der Waals surface area contributed by atoms with Crippen LogP contribution in [0.4, 0.5) is 4.39 Å². The maximum absolute atomic E-state index is 15.1. The molecule has 1 aromatic heterocycles. The van der Waals surface area contributed by atoms with Crippen molar-refractivity contribution in [2.75, 3.05) is 61.1 Å². The fourth-order valence-corrected chi connectivity index (χ4v) is 6.79. The summed E-state index contributed by atoms with van der Waals surface area (Å²) >= 11 is 0. The van der Waals surface area contributed by atoms with Crippen molar-refractivity contribution < 1.29 is 18.6 Å². The average molecular weight is 607 g/mol. The summed E-state index contributed by atoms with van der Waals surface area (Å²) in [4.78, 5) is 21.2. The van der Waals surface area contributed by atoms with Gasteiger partial charge in [-0.3, -0.25) is 9.69 Å². The number of nitrogens with zero attached hydrogens (tertiary/aromatic N) is 4. The van der Waals surface area contributed by atoms with Crippen molar-refractivity contribution in [1.29, 1.82) is 0 Å². The van der Waals surface area contributed by atoms with Gasteiger partial charge in [0.05, 0.1) is 30.6 Å². The van der Waals surface area contributed by atoms with Crippen LogP contribution in [-0.2, 0) is 11.3 Å². The predicted molar refractivity (Wildman–Crippen MR) is 169 cm³/mol. The van der Waals surface area contributed by atoms with Gasteiger partial charge in [-0.2, -0.15) is 0 Å². The number of hydrogen-bond donors (Lipinski definition) is 2. The predicted octanol–water partition coefficient (Wildman–Crippen LogP) is 3.27. The summed E-state index contributed by atoms with van der Waals surface area (Å²) < 4.78 is 34.0. The first-order valence-electron chi connectivity index (χ1n) is 15.3. The molecule has 0 bridgehead atoms. The summed E-state index contributed by atoms with van der Waals surface area (Å²) in [5, 5.41) is 6.77. The summed E-state index contributed by atoms with van der Waals surface area (Å²) in [7, 11) is 7.14. The number of allylic oxidation sites excluding steroid dienone is 2. The molecule has 11 heteroatoms. The largest absolute Gasteiger partial charge is 0.490 e. The van der Waals surface area contributed by atoms with Crippen LogP contribution in [-0.4, -0.2) is 92.6 Å². The summed E-state index contributed by atoms with van der Waals surface area (Å²) in [5.41, 5.74) is 3.45. The molecular formula is C33H43FN6O4. The van der Waals surface area contributed by atoms with Crippen molar-refractivity contribution in [3.05, 3.63) is 81.5 Å². The molecule has 10 nitrogen and oxygen atoms in total. The number of methoxy groups -OCH3 is 2. The van der Waals surface area contributed by atoms with Crippen LogP contribution in [0.2, 0.25) is 0 Å². The summed E-state index contributed by atoms with van der Waals surface area (Å²) in [6.45, 7) is 6.17. The molecule has 4 aliphatic rings. The first-order valence-corrected chi connectivity index (χ1v) is 15.3. The molecule has 236 valence electrons. The zero-order valence-corrected chi connectivity index (χ0v) is 26.2. The maximum Gasteiger partial charge on any atom is 0.199 e. The Morgan fingerprint density at radius 3 is 2.84 bits per heavy atom. The van der Waals surface area contributed by atoms with Crippen LogP contribution in [0.1, 0.15) is 31.4 Å². The molecule has 0 aliphatic carbocycles. The third-order valence-electron chi connectivity index (χ3n) is 9.16. The number of aromatic nitrogens is 1. The highest BCUT2D eigenvalue weighted by Crippen LogP contribution is 2.41. The van der Waals surface area contributed by atoms with Gasteiger partial charge in [-0.05, 0) is 61.9 Å². The van der Waals surface area contributed by atoms with E-state index in [0.717, 1.165) is 43.9 Å². The Kier molecular flexibility index (Phi) is 8.59. The van der Waals surface area contributed by atoms with Crippen LogP contribution in [0.15, 0.2) is 64.7 Å². The van der Waals surface area contributed by atoms with E-state index in [9.17, 15) is 4.79 Å². The van der Waals surface area contributed by atoms with Crippen molar-refractivity contribution in [3.8, 4) is 11.5 Å². The second-order valence-corrected chi connectivity index (χ2v) is 12.0. The Morgan fingerprint density at radius 2 is 2.09 bits per heavy atom. The third kappa shape index (κ3) is 5.66. The van der Waals surface area contributed by atoms with E-state index >= 15 is 4.39 Å². The minimum Gasteiger partial charge on any atom is -0.490 e. The second-order valence-electron chi connectivity index (χ2n) is 12.0. The standard InChI is InChI=1S/C33H43FN6O4/c1-21-20-44-33-30-26(14-27(34)32(33)43-5)31(41)23(17-40(21)30)16-39(15-22-10-11-36-29(13-22)42-4)24-7-6-12-38(19-24)25-8-9-28(35-2)37(3)18-25/h8-11,13-14,17,21,24,29,35-36H,6-7,12,15-16,18-20H2,1-5H3. The van der Waals surface area contributed by atoms with Gasteiger partial charge in [-0.1, -0.05) is 0 Å². The van der Waals surface area contributed by atoms with E-state index in [4.69, 9.17) is 14.2 Å². The van der Waals surface area contributed by atoms with E-state index in [0.29, 0.717) is 41.9 Å². The van der Waals surface area contributed by atoms with E-state index < -0.39 is 5.82 Å². The highest BCUT2D eigenvalue weighted by Gasteiger charge is 2.31. The van der Waals surface area contributed by atoms with Crippen molar-refractivity contribution in [2.24, 2.45) is 0 Å². The molecule has 3 atom stereocenters. The van der Waals surface area contributed by atoms with Crippen LogP contribution < -0.4 is 25.5 Å². The highest BCUT2D eigenvalue weighted by molar-refractivity contribution is 5.89. The molecule has 2 aromatic rings. The molecule has 0 amide bonds. The van der Waals surface area contributed by atoms with Crippen molar-refractivity contribution in [2.45, 2.75) is 44.6 Å². The average Bonchev–Trinajstić information content (AvgIpc) is 3.04. The summed E-state index contributed by atoms with van der Waals surface area (Å²) in [6.07, 6.45) is 14.2. The minimum absolute atomic E-state index is 0.0264. The molecule has 5 heterocycles. The number of likely N-dealkylation sites (N-methyl/N-ethyl adjacent to an activating group) is 1. The number of rotatable bonds is 9.